The summed E-state index contributed by atoms with van der Waals surface area (Å²) in [7, 11) is 1.53. The van der Waals surface area contributed by atoms with Crippen LogP contribution in [0.4, 0.5) is 8.78 Å². The number of rotatable bonds is 6. The second kappa shape index (κ2) is 8.93. The normalized spacial score (nSPS) is 16.9. The highest BCUT2D eigenvalue weighted by Gasteiger charge is 2.18. The number of carbonyl (C=O) groups excluding carboxylic acids is 1. The number of nitrogens with one attached hydrogen (secondary N) is 1. The molecule has 23 heavy (non-hydrogen) atoms. The van der Waals surface area contributed by atoms with E-state index in [4.69, 9.17) is 4.74 Å². The third-order valence-corrected chi connectivity index (χ3v) is 4.14. The predicted octanol–water partition coefficient (Wildman–Crippen LogP) is 2.64. The lowest BCUT2D eigenvalue weighted by molar-refractivity contribution is -0.130. The van der Waals surface area contributed by atoms with Crippen molar-refractivity contribution >= 4 is 5.91 Å². The van der Waals surface area contributed by atoms with Crippen molar-refractivity contribution < 1.29 is 18.3 Å². The highest BCUT2D eigenvalue weighted by Crippen LogP contribution is 2.17. The number of methoxy groups -OCH3 is 1. The van der Waals surface area contributed by atoms with E-state index in [1.807, 2.05) is 4.90 Å². The van der Waals surface area contributed by atoms with Gasteiger partial charge in [0.1, 0.15) is 0 Å². The number of hydrogen-bond donors (Lipinski definition) is 1. The second-order valence-electron chi connectivity index (χ2n) is 5.86. The zero-order valence-corrected chi connectivity index (χ0v) is 13.5. The molecule has 0 aliphatic carbocycles. The van der Waals surface area contributed by atoms with Crippen molar-refractivity contribution in [1.82, 2.24) is 10.2 Å². The molecule has 1 N–H and O–H groups in total. The summed E-state index contributed by atoms with van der Waals surface area (Å²) in [6.07, 6.45) is 4.41. The molecule has 1 amide bonds. The molecule has 1 heterocycles. The molecular weight excluding hydrogens is 302 g/mol. The van der Waals surface area contributed by atoms with Crippen LogP contribution in [0.2, 0.25) is 0 Å². The highest BCUT2D eigenvalue weighted by atomic mass is 19.2. The minimum atomic E-state index is -0.899. The summed E-state index contributed by atoms with van der Waals surface area (Å²) in [5.41, 5.74) is 0.564. The Labute approximate surface area is 135 Å². The molecule has 1 aromatic carbocycles. The van der Waals surface area contributed by atoms with Crippen molar-refractivity contribution in [3.63, 3.8) is 0 Å². The zero-order chi connectivity index (χ0) is 16.7. The van der Waals surface area contributed by atoms with E-state index in [1.165, 1.54) is 26.0 Å². The first kappa shape index (κ1) is 17.8. The van der Waals surface area contributed by atoms with Gasteiger partial charge in [-0.05, 0) is 30.5 Å². The first-order chi connectivity index (χ1) is 11.1. The number of amides is 1. The highest BCUT2D eigenvalue weighted by molar-refractivity contribution is 5.78. The van der Waals surface area contributed by atoms with E-state index in [0.717, 1.165) is 38.1 Å². The van der Waals surface area contributed by atoms with E-state index in [1.54, 1.807) is 0 Å². The van der Waals surface area contributed by atoms with Crippen LogP contribution >= 0.6 is 0 Å². The van der Waals surface area contributed by atoms with Gasteiger partial charge in [0.2, 0.25) is 5.91 Å². The predicted molar refractivity (Wildman–Crippen MR) is 84.0 cm³/mol. The number of hydrogen-bond acceptors (Lipinski definition) is 3. The summed E-state index contributed by atoms with van der Waals surface area (Å²) in [4.78, 5) is 14.2. The molecule has 0 bridgehead atoms. The molecule has 6 heteroatoms. The standard InChI is InChI=1S/C17H24F2N2O2/c1-23-12-16(13-6-7-14(18)15(19)10-13)20-11-17(22)21-8-4-2-3-5-9-21/h6-7,10,16,20H,2-5,8-9,11-12H2,1H3. The number of carbonyl (C=O) groups is 1. The maximum atomic E-state index is 13.4. The Morgan fingerprint density at radius 3 is 2.52 bits per heavy atom. The summed E-state index contributed by atoms with van der Waals surface area (Å²) in [5, 5.41) is 3.10. The lowest BCUT2D eigenvalue weighted by Crippen LogP contribution is -2.40. The lowest BCUT2D eigenvalue weighted by atomic mass is 10.1. The summed E-state index contributed by atoms with van der Waals surface area (Å²) in [6, 6.07) is 3.38. The third kappa shape index (κ3) is 5.25. The van der Waals surface area contributed by atoms with Crippen LogP contribution in [0.25, 0.3) is 0 Å². The first-order valence-electron chi connectivity index (χ1n) is 8.07. The van der Waals surface area contributed by atoms with E-state index in [9.17, 15) is 13.6 Å². The molecule has 128 valence electrons. The van der Waals surface area contributed by atoms with Gasteiger partial charge in [0.25, 0.3) is 0 Å². The molecule has 1 aromatic rings. The number of ether oxygens (including phenoxy) is 1. The summed E-state index contributed by atoms with van der Waals surface area (Å²) < 4.78 is 31.6. The van der Waals surface area contributed by atoms with Crippen LogP contribution in [0.5, 0.6) is 0 Å². The Morgan fingerprint density at radius 1 is 1.22 bits per heavy atom. The molecule has 1 fully saturated rings. The molecule has 1 aliphatic heterocycles. The van der Waals surface area contributed by atoms with E-state index in [-0.39, 0.29) is 25.1 Å². The van der Waals surface area contributed by atoms with Gasteiger partial charge in [0.15, 0.2) is 11.6 Å². The Morgan fingerprint density at radius 2 is 1.91 bits per heavy atom. The van der Waals surface area contributed by atoms with Crippen LogP contribution in [0.1, 0.15) is 37.3 Å². The Bertz CT molecular complexity index is 517. The van der Waals surface area contributed by atoms with Gasteiger partial charge < -0.3 is 9.64 Å². The summed E-state index contributed by atoms with van der Waals surface area (Å²) in [5.74, 6) is -1.75. The Hall–Kier alpha value is -1.53. The topological polar surface area (TPSA) is 41.6 Å². The van der Waals surface area contributed by atoms with Gasteiger partial charge in [0.05, 0.1) is 19.2 Å². The fraction of sp³-hybridized carbons (Fsp3) is 0.588. The van der Waals surface area contributed by atoms with Crippen molar-refractivity contribution in [3.8, 4) is 0 Å². The SMILES string of the molecule is COCC(NCC(=O)N1CCCCCC1)c1ccc(F)c(F)c1. The van der Waals surface area contributed by atoms with Crippen LogP contribution in [0.3, 0.4) is 0 Å². The van der Waals surface area contributed by atoms with Crippen molar-refractivity contribution in [3.05, 3.63) is 35.4 Å². The summed E-state index contributed by atoms with van der Waals surface area (Å²) in [6.45, 7) is 2.02. The zero-order valence-electron chi connectivity index (χ0n) is 13.5. The van der Waals surface area contributed by atoms with Gasteiger partial charge in [-0.2, -0.15) is 0 Å². The van der Waals surface area contributed by atoms with E-state index in [0.29, 0.717) is 5.56 Å². The Kier molecular flexibility index (Phi) is 6.92. The van der Waals surface area contributed by atoms with Crippen LogP contribution in [-0.2, 0) is 9.53 Å². The molecule has 1 aliphatic rings. The van der Waals surface area contributed by atoms with Gasteiger partial charge in [-0.3, -0.25) is 10.1 Å². The van der Waals surface area contributed by atoms with E-state index < -0.39 is 11.6 Å². The number of benzene rings is 1. The van der Waals surface area contributed by atoms with Crippen LogP contribution in [-0.4, -0.2) is 44.2 Å². The fourth-order valence-corrected chi connectivity index (χ4v) is 2.81. The van der Waals surface area contributed by atoms with Gasteiger partial charge in [-0.15, -0.1) is 0 Å². The van der Waals surface area contributed by atoms with Crippen molar-refractivity contribution in [1.29, 1.82) is 0 Å². The van der Waals surface area contributed by atoms with Crippen LogP contribution < -0.4 is 5.32 Å². The molecule has 1 unspecified atom stereocenters. The smallest absolute Gasteiger partial charge is 0.236 e. The molecule has 1 atom stereocenters. The lowest BCUT2D eigenvalue weighted by Gasteiger charge is -2.23. The maximum Gasteiger partial charge on any atom is 0.236 e. The average molecular weight is 326 g/mol. The van der Waals surface area contributed by atoms with Crippen molar-refractivity contribution in [2.24, 2.45) is 0 Å². The maximum absolute atomic E-state index is 13.4. The molecule has 2 rings (SSSR count). The summed E-state index contributed by atoms with van der Waals surface area (Å²) >= 11 is 0. The molecular formula is C17H24F2N2O2. The molecule has 0 aromatic heterocycles. The molecule has 0 radical (unpaired) electrons. The average Bonchev–Trinajstić information content (AvgIpc) is 2.83. The largest absolute Gasteiger partial charge is 0.383 e. The second-order valence-corrected chi connectivity index (χ2v) is 5.86. The fourth-order valence-electron chi connectivity index (χ4n) is 2.81. The minimum absolute atomic E-state index is 0.0376. The number of likely N-dealkylation sites (tertiary alicyclic amines) is 1. The molecule has 1 saturated heterocycles. The quantitative estimate of drug-likeness (QED) is 0.874. The number of halogens is 2. The van der Waals surface area contributed by atoms with Crippen molar-refractivity contribution in [2.75, 3.05) is 33.4 Å². The van der Waals surface area contributed by atoms with Crippen molar-refractivity contribution in [2.45, 2.75) is 31.7 Å². The van der Waals surface area contributed by atoms with Gasteiger partial charge in [-0.1, -0.05) is 18.9 Å². The van der Waals surface area contributed by atoms with E-state index >= 15 is 0 Å². The van der Waals surface area contributed by atoms with E-state index in [2.05, 4.69) is 5.32 Å². The minimum Gasteiger partial charge on any atom is -0.383 e. The van der Waals surface area contributed by atoms with Gasteiger partial charge in [0, 0.05) is 20.2 Å². The molecule has 0 spiro atoms. The molecule has 4 nitrogen and oxygen atoms in total. The first-order valence-corrected chi connectivity index (χ1v) is 8.07. The van der Waals surface area contributed by atoms with Crippen LogP contribution in [0.15, 0.2) is 18.2 Å². The van der Waals surface area contributed by atoms with Gasteiger partial charge in [-0.25, -0.2) is 8.78 Å². The van der Waals surface area contributed by atoms with Crippen LogP contribution in [0, 0.1) is 11.6 Å². The Balaban J connectivity index is 1.95. The molecule has 0 saturated carbocycles. The third-order valence-electron chi connectivity index (χ3n) is 4.14. The number of nitrogens with zero attached hydrogens (tertiary/aromatic N) is 1. The monoisotopic (exact) mass is 326 g/mol. The van der Waals surface area contributed by atoms with Gasteiger partial charge >= 0.3 is 0 Å².